The molecule has 3 nitrogen and oxygen atoms in total. The molecule has 8 aromatic carbocycles. The van der Waals surface area contributed by atoms with Crippen molar-refractivity contribution in [1.82, 2.24) is 0 Å². The van der Waals surface area contributed by atoms with E-state index in [0.717, 1.165) is 34.4 Å². The Morgan fingerprint density at radius 2 is 0.833 bits per heavy atom. The lowest BCUT2D eigenvalue weighted by Crippen LogP contribution is -2.76. The summed E-state index contributed by atoms with van der Waals surface area (Å²) in [7, 11) is -2.95. The zero-order valence-corrected chi connectivity index (χ0v) is 30.3. The molecule has 12 rings (SSSR count). The number of benzene rings is 8. The minimum atomic E-state index is -2.95. The van der Waals surface area contributed by atoms with Gasteiger partial charge in [-0.05, 0) is 83.9 Å². The summed E-state index contributed by atoms with van der Waals surface area (Å²) in [6.07, 6.45) is 0. The fourth-order valence-electron chi connectivity index (χ4n) is 10.1. The van der Waals surface area contributed by atoms with Crippen molar-refractivity contribution in [2.45, 2.75) is 0 Å². The highest BCUT2D eigenvalue weighted by atomic mass is 28.3. The summed E-state index contributed by atoms with van der Waals surface area (Å²) < 4.78 is 14.0. The lowest BCUT2D eigenvalue weighted by atomic mass is 9.29. The SMILES string of the molecule is c1ccc([Si](c2ccccc2)(c2ccccc2)c2ccc3c4c2Oc2ccccc2B4c2cccc4c2N3c2cccc3c2B4c2ccccc2O3)cc1. The summed E-state index contributed by atoms with van der Waals surface area (Å²) in [6.45, 7) is 0.0527. The number of ether oxygens (including phenoxy) is 2. The number of rotatable bonds is 4. The predicted molar refractivity (Wildman–Crippen MR) is 227 cm³/mol. The van der Waals surface area contributed by atoms with Gasteiger partial charge in [0, 0.05) is 17.1 Å². The lowest BCUT2D eigenvalue weighted by Gasteiger charge is -2.47. The zero-order chi connectivity index (χ0) is 35.4. The third-order valence-corrected chi connectivity index (χ3v) is 16.9. The van der Waals surface area contributed by atoms with Gasteiger partial charge in [-0.15, -0.1) is 0 Å². The molecule has 0 radical (unpaired) electrons. The van der Waals surface area contributed by atoms with Gasteiger partial charge in [0.25, 0.3) is 13.4 Å². The van der Waals surface area contributed by atoms with Crippen molar-refractivity contribution < 1.29 is 9.47 Å². The quantitative estimate of drug-likeness (QED) is 0.201. The van der Waals surface area contributed by atoms with Gasteiger partial charge >= 0.3 is 0 Å². The largest absolute Gasteiger partial charge is 0.458 e. The second kappa shape index (κ2) is 11.3. The van der Waals surface area contributed by atoms with Crippen molar-refractivity contribution in [3.63, 3.8) is 0 Å². The molecule has 0 saturated heterocycles. The van der Waals surface area contributed by atoms with E-state index in [2.05, 4.69) is 193 Å². The molecule has 54 heavy (non-hydrogen) atoms. The van der Waals surface area contributed by atoms with E-state index in [4.69, 9.17) is 9.47 Å². The monoisotopic (exact) mass is 703 g/mol. The first-order valence-electron chi connectivity index (χ1n) is 18.8. The van der Waals surface area contributed by atoms with Crippen molar-refractivity contribution in [2.24, 2.45) is 0 Å². The standard InChI is InChI=1S/C48H31B2NO2Si/c1-4-16-32(17-5-1)54(33-18-6-2-7-19-33,34-20-8-3-9-21-34)44-31-30-40-46-48(44)53-42-28-13-11-23-36(42)50(46)38-25-14-24-37-47(38)51(40)39-26-15-29-43-45(39)49(37)35-22-10-12-27-41(35)52-43/h1-31H. The Hall–Kier alpha value is -6.49. The summed E-state index contributed by atoms with van der Waals surface area (Å²) in [5, 5.41) is 5.23. The molecule has 0 aromatic heterocycles. The Morgan fingerprint density at radius 1 is 0.370 bits per heavy atom. The summed E-state index contributed by atoms with van der Waals surface area (Å²) >= 11 is 0. The fraction of sp³-hybridized carbons (Fsp3) is 0. The van der Waals surface area contributed by atoms with Crippen LogP contribution in [-0.4, -0.2) is 21.5 Å². The number of anilines is 3. The third-order valence-electron chi connectivity index (χ3n) is 12.1. The normalized spacial score (nSPS) is 13.7. The topological polar surface area (TPSA) is 21.7 Å². The van der Waals surface area contributed by atoms with Gasteiger partial charge in [0.05, 0.1) is 0 Å². The molecule has 0 spiro atoms. The average Bonchev–Trinajstić information content (AvgIpc) is 3.24. The molecule has 0 aliphatic carbocycles. The smallest absolute Gasteiger partial charge is 0.256 e. The van der Waals surface area contributed by atoms with Gasteiger partial charge in [0.1, 0.15) is 23.0 Å². The van der Waals surface area contributed by atoms with Gasteiger partial charge in [-0.25, -0.2) is 0 Å². The van der Waals surface area contributed by atoms with Crippen LogP contribution in [0.2, 0.25) is 0 Å². The molecule has 0 fully saturated rings. The molecule has 0 unspecified atom stereocenters. The molecule has 6 heteroatoms. The van der Waals surface area contributed by atoms with Crippen LogP contribution in [0, 0.1) is 0 Å². The lowest BCUT2D eigenvalue weighted by molar-refractivity contribution is 0.487. The molecule has 250 valence electrons. The predicted octanol–water partition coefficient (Wildman–Crippen LogP) is 4.40. The van der Waals surface area contributed by atoms with E-state index in [1.807, 2.05) is 0 Å². The van der Waals surface area contributed by atoms with E-state index >= 15 is 0 Å². The van der Waals surface area contributed by atoms with Crippen LogP contribution in [0.1, 0.15) is 0 Å². The number of fused-ring (bicyclic) bond motifs is 8. The van der Waals surface area contributed by atoms with Crippen molar-refractivity contribution in [3.8, 4) is 23.0 Å². The van der Waals surface area contributed by atoms with E-state index in [-0.39, 0.29) is 13.4 Å². The molecule has 0 bridgehead atoms. The number of hydrogen-bond donors (Lipinski definition) is 0. The van der Waals surface area contributed by atoms with Crippen LogP contribution in [0.15, 0.2) is 188 Å². The maximum atomic E-state index is 7.38. The number of nitrogens with zero attached hydrogens (tertiary/aromatic N) is 1. The third kappa shape index (κ3) is 3.88. The Kier molecular flexibility index (Phi) is 6.26. The first-order chi connectivity index (χ1) is 26.8. The summed E-state index contributed by atoms with van der Waals surface area (Å²) in [5.74, 6) is 3.75. The van der Waals surface area contributed by atoms with Crippen molar-refractivity contribution in [2.75, 3.05) is 4.90 Å². The molecular formula is C48H31B2NO2Si. The molecule has 4 aliphatic rings. The van der Waals surface area contributed by atoms with E-state index in [9.17, 15) is 0 Å². The van der Waals surface area contributed by atoms with Crippen LogP contribution in [0.5, 0.6) is 23.0 Å². The second-order valence-corrected chi connectivity index (χ2v) is 18.4. The van der Waals surface area contributed by atoms with Crippen molar-refractivity contribution in [1.29, 1.82) is 0 Å². The van der Waals surface area contributed by atoms with Crippen molar-refractivity contribution >= 4 is 92.1 Å². The highest BCUT2D eigenvalue weighted by Gasteiger charge is 2.52. The van der Waals surface area contributed by atoms with Gasteiger partial charge in [-0.2, -0.15) is 0 Å². The minimum absolute atomic E-state index is 0.0139. The Morgan fingerprint density at radius 3 is 1.44 bits per heavy atom. The maximum Gasteiger partial charge on any atom is 0.256 e. The molecule has 0 atom stereocenters. The van der Waals surface area contributed by atoms with Gasteiger partial charge < -0.3 is 14.4 Å². The van der Waals surface area contributed by atoms with E-state index < -0.39 is 8.07 Å². The highest BCUT2D eigenvalue weighted by Crippen LogP contribution is 2.43. The Bertz CT molecular complexity index is 2720. The summed E-state index contributed by atoms with van der Waals surface area (Å²) in [4.78, 5) is 2.52. The molecule has 0 N–H and O–H groups in total. The van der Waals surface area contributed by atoms with Crippen LogP contribution in [0.3, 0.4) is 0 Å². The van der Waals surface area contributed by atoms with Crippen LogP contribution in [0.4, 0.5) is 17.1 Å². The van der Waals surface area contributed by atoms with E-state index in [0.29, 0.717) is 0 Å². The molecule has 4 aliphatic heterocycles. The van der Waals surface area contributed by atoms with Crippen LogP contribution < -0.4 is 67.9 Å². The highest BCUT2D eigenvalue weighted by molar-refractivity contribution is 7.20. The van der Waals surface area contributed by atoms with Crippen LogP contribution in [-0.2, 0) is 0 Å². The van der Waals surface area contributed by atoms with Gasteiger partial charge in [-0.3, -0.25) is 0 Å². The summed E-state index contributed by atoms with van der Waals surface area (Å²) in [6, 6.07) is 69.0. The minimum Gasteiger partial charge on any atom is -0.458 e. The van der Waals surface area contributed by atoms with Gasteiger partial charge in [0.2, 0.25) is 0 Å². The fourth-order valence-corrected chi connectivity index (χ4v) is 15.0. The number of para-hydroxylation sites is 3. The average molecular weight is 703 g/mol. The Labute approximate surface area is 316 Å². The first kappa shape index (κ1) is 30.0. The van der Waals surface area contributed by atoms with Crippen LogP contribution in [0.25, 0.3) is 0 Å². The molecule has 0 amide bonds. The van der Waals surface area contributed by atoms with Gasteiger partial charge in [-0.1, -0.05) is 158 Å². The maximum absolute atomic E-state index is 7.38. The molecule has 0 saturated carbocycles. The van der Waals surface area contributed by atoms with Crippen LogP contribution >= 0.6 is 0 Å². The second-order valence-electron chi connectivity index (χ2n) is 14.7. The first-order valence-corrected chi connectivity index (χ1v) is 20.8. The molecular weight excluding hydrogens is 672 g/mol. The van der Waals surface area contributed by atoms with E-state index in [1.54, 1.807) is 0 Å². The van der Waals surface area contributed by atoms with E-state index in [1.165, 1.54) is 59.2 Å². The Balaban J connectivity index is 1.21. The molecule has 4 heterocycles. The summed E-state index contributed by atoms with van der Waals surface area (Å²) in [5.41, 5.74) is 11.1. The number of hydrogen-bond acceptors (Lipinski definition) is 3. The zero-order valence-electron chi connectivity index (χ0n) is 29.3. The van der Waals surface area contributed by atoms with Gasteiger partial charge in [0.15, 0.2) is 8.07 Å². The molecule has 8 aromatic rings. The van der Waals surface area contributed by atoms with Crippen molar-refractivity contribution in [3.05, 3.63) is 188 Å².